The van der Waals surface area contributed by atoms with Crippen molar-refractivity contribution in [2.75, 3.05) is 31.2 Å². The summed E-state index contributed by atoms with van der Waals surface area (Å²) in [5, 5.41) is 0.711. The van der Waals surface area contributed by atoms with Crippen LogP contribution in [0.15, 0.2) is 52.9 Å². The van der Waals surface area contributed by atoms with Crippen LogP contribution in [-0.2, 0) is 40.5 Å². The lowest BCUT2D eigenvalue weighted by Gasteiger charge is -2.45. The van der Waals surface area contributed by atoms with E-state index in [0.717, 1.165) is 37.8 Å². The molecule has 10 nitrogen and oxygen atoms in total. The number of ether oxygens (including phenoxy) is 2. The van der Waals surface area contributed by atoms with Crippen molar-refractivity contribution in [2.24, 2.45) is 16.2 Å². The van der Waals surface area contributed by atoms with Gasteiger partial charge in [0.05, 0.1) is 18.9 Å². The van der Waals surface area contributed by atoms with E-state index in [1.54, 1.807) is 25.1 Å². The fraction of sp³-hybridized carbons (Fsp3) is 0.500. The molecular formula is C34H40ClN3O7S. The summed E-state index contributed by atoms with van der Waals surface area (Å²) in [4.78, 5) is 40.2. The molecule has 5 atom stereocenters. The molecule has 2 heterocycles. The van der Waals surface area contributed by atoms with Gasteiger partial charge in [-0.05, 0) is 92.0 Å². The molecule has 2 aliphatic carbocycles. The Bertz CT molecular complexity index is 1690. The number of nitrogens with one attached hydrogen (secondary N) is 1. The highest BCUT2D eigenvalue weighted by molar-refractivity contribution is 7.88. The molecule has 2 aliphatic heterocycles. The largest absolute Gasteiger partial charge is 0.490 e. The molecule has 2 aromatic carbocycles. The third kappa shape index (κ3) is 6.82. The van der Waals surface area contributed by atoms with E-state index in [-0.39, 0.29) is 41.8 Å². The molecule has 0 aromatic heterocycles. The number of aryl methyl sites for hydroxylation is 1. The maximum atomic E-state index is 13.6. The van der Waals surface area contributed by atoms with Gasteiger partial charge in [-0.2, -0.15) is 4.21 Å². The van der Waals surface area contributed by atoms with Crippen LogP contribution in [0.4, 0.5) is 5.69 Å². The first kappa shape index (κ1) is 32.5. The number of hydrogen-bond acceptors (Lipinski definition) is 8. The lowest BCUT2D eigenvalue weighted by atomic mass is 9.68. The predicted molar refractivity (Wildman–Crippen MR) is 175 cm³/mol. The Morgan fingerprint density at radius 3 is 2.83 bits per heavy atom. The minimum Gasteiger partial charge on any atom is -0.490 e. The Balaban J connectivity index is 1.44. The van der Waals surface area contributed by atoms with E-state index in [1.807, 2.05) is 18.2 Å². The first-order chi connectivity index (χ1) is 22.1. The van der Waals surface area contributed by atoms with E-state index >= 15 is 0 Å². The number of anilines is 1. The highest BCUT2D eigenvalue weighted by Gasteiger charge is 2.44. The van der Waals surface area contributed by atoms with Crippen LogP contribution >= 0.6 is 11.6 Å². The quantitative estimate of drug-likeness (QED) is 0.326. The van der Waals surface area contributed by atoms with E-state index < -0.39 is 28.1 Å². The molecule has 246 valence electrons. The van der Waals surface area contributed by atoms with Crippen molar-refractivity contribution >= 4 is 45.3 Å². The molecule has 2 bridgehead atoms. The molecule has 1 spiro atoms. The summed E-state index contributed by atoms with van der Waals surface area (Å²) in [5.74, 6) is -0.718. The maximum Gasteiger partial charge on any atom is 0.303 e. The van der Waals surface area contributed by atoms with E-state index in [1.165, 1.54) is 18.1 Å². The number of nitrogens with zero attached hydrogens (tertiary/aromatic N) is 2. The number of esters is 1. The van der Waals surface area contributed by atoms with Crippen LogP contribution in [0.2, 0.25) is 5.02 Å². The fourth-order valence-corrected chi connectivity index (χ4v) is 8.59. The highest BCUT2D eigenvalue weighted by Crippen LogP contribution is 2.47. The molecule has 2 aromatic rings. The van der Waals surface area contributed by atoms with Gasteiger partial charge in [0.2, 0.25) is 5.91 Å². The average molecular weight is 670 g/mol. The summed E-state index contributed by atoms with van der Waals surface area (Å²) >= 11 is 6.41. The number of benzene rings is 2. The SMILES string of the molecule is CCC(=O)NS1(=O)=NC(=O)c2ccc3c(c2)N(C[C@@H]2CC[C@H]2[C@@H](OC(C)=O)/C=C/CCO1)C[C@@]1(CCCc2cc(Cl)ccc21)CO3. The average Bonchev–Trinajstić information content (AvgIpc) is 3.15. The number of hydrogen-bond donors (Lipinski definition) is 1. The summed E-state index contributed by atoms with van der Waals surface area (Å²) in [5.41, 5.74) is 3.08. The molecule has 0 saturated heterocycles. The van der Waals surface area contributed by atoms with Gasteiger partial charge < -0.3 is 14.4 Å². The first-order valence-corrected chi connectivity index (χ1v) is 17.8. The van der Waals surface area contributed by atoms with E-state index in [4.69, 9.17) is 25.3 Å². The van der Waals surface area contributed by atoms with Crippen molar-refractivity contribution in [1.82, 2.24) is 4.72 Å². The van der Waals surface area contributed by atoms with Gasteiger partial charge in [-0.1, -0.05) is 30.7 Å². The second kappa shape index (κ2) is 13.4. The lowest BCUT2D eigenvalue weighted by Crippen LogP contribution is -2.49. The molecule has 1 saturated carbocycles. The topological polar surface area (TPSA) is 124 Å². The number of fused-ring (bicyclic) bond motifs is 4. The van der Waals surface area contributed by atoms with Crippen molar-refractivity contribution in [1.29, 1.82) is 0 Å². The Morgan fingerprint density at radius 2 is 2.07 bits per heavy atom. The molecule has 4 aliphatic rings. The van der Waals surface area contributed by atoms with Crippen LogP contribution in [0.5, 0.6) is 5.75 Å². The molecule has 12 heteroatoms. The number of amides is 2. The van der Waals surface area contributed by atoms with Crippen molar-refractivity contribution in [3.63, 3.8) is 0 Å². The predicted octanol–water partition coefficient (Wildman–Crippen LogP) is 5.71. The molecule has 2 amide bonds. The third-order valence-corrected chi connectivity index (χ3v) is 11.2. The van der Waals surface area contributed by atoms with Crippen molar-refractivity contribution in [3.05, 3.63) is 70.3 Å². The summed E-state index contributed by atoms with van der Waals surface area (Å²) in [6, 6.07) is 11.2. The second-order valence-electron chi connectivity index (χ2n) is 12.7. The standard InChI is InChI=1S/C34H40ClN3O7S/c1-3-32(40)36-46(42)37-33(41)24-10-14-31-29(18-24)38(19-25-9-12-27(25)30(45-22(2)39)8-4-5-16-44-46)20-34(21-43-31)15-6-7-23-17-26(35)11-13-28(23)34/h4,8,10-11,13-14,17-18,25,27,30H,3,5-7,9,12,15-16,19-21H2,1-2H3,(H,36,37,40,41,42)/b8-4+/t25-,27+,30-,34-,46?/m0/s1. The summed E-state index contributed by atoms with van der Waals surface area (Å²) in [6.45, 7) is 4.71. The normalized spacial score (nSPS) is 29.9. The van der Waals surface area contributed by atoms with Gasteiger partial charge in [0, 0.05) is 48.4 Å². The van der Waals surface area contributed by atoms with E-state index in [9.17, 15) is 18.6 Å². The number of carbonyl (C=O) groups is 3. The number of halogens is 1. The van der Waals surface area contributed by atoms with Crippen LogP contribution in [0, 0.1) is 11.8 Å². The highest BCUT2D eigenvalue weighted by atomic mass is 35.5. The zero-order chi connectivity index (χ0) is 32.5. The van der Waals surface area contributed by atoms with Crippen LogP contribution < -0.4 is 14.4 Å². The smallest absolute Gasteiger partial charge is 0.303 e. The zero-order valence-electron chi connectivity index (χ0n) is 26.2. The van der Waals surface area contributed by atoms with Crippen LogP contribution in [-0.4, -0.2) is 54.4 Å². The number of carbonyl (C=O) groups excluding carboxylic acids is 3. The van der Waals surface area contributed by atoms with Gasteiger partial charge in [0.15, 0.2) is 0 Å². The van der Waals surface area contributed by atoms with Gasteiger partial charge in [-0.15, -0.1) is 4.36 Å². The maximum absolute atomic E-state index is 13.6. The van der Waals surface area contributed by atoms with Gasteiger partial charge in [-0.25, -0.2) is 4.72 Å². The lowest BCUT2D eigenvalue weighted by molar-refractivity contribution is -0.149. The van der Waals surface area contributed by atoms with Crippen molar-refractivity contribution in [3.8, 4) is 5.75 Å². The molecule has 6 rings (SSSR count). The van der Waals surface area contributed by atoms with E-state index in [2.05, 4.69) is 26.1 Å². The Hall–Kier alpha value is -3.41. The van der Waals surface area contributed by atoms with Crippen LogP contribution in [0.25, 0.3) is 0 Å². The second-order valence-corrected chi connectivity index (χ2v) is 14.7. The number of rotatable bonds is 3. The van der Waals surface area contributed by atoms with Gasteiger partial charge in [0.25, 0.3) is 16.1 Å². The van der Waals surface area contributed by atoms with Gasteiger partial charge >= 0.3 is 5.97 Å². The summed E-state index contributed by atoms with van der Waals surface area (Å²) < 4.78 is 37.7. The Morgan fingerprint density at radius 1 is 1.22 bits per heavy atom. The van der Waals surface area contributed by atoms with Gasteiger partial charge in [0.1, 0.15) is 11.9 Å². The van der Waals surface area contributed by atoms with Gasteiger partial charge in [-0.3, -0.25) is 18.6 Å². The Kier molecular flexibility index (Phi) is 9.45. The molecule has 0 radical (unpaired) electrons. The molecule has 1 unspecified atom stereocenters. The third-order valence-electron chi connectivity index (χ3n) is 9.56. The van der Waals surface area contributed by atoms with Crippen molar-refractivity contribution < 1.29 is 32.2 Å². The minimum absolute atomic E-state index is 0.0405. The summed E-state index contributed by atoms with van der Waals surface area (Å²) in [6.07, 6.45) is 8.34. The zero-order valence-corrected chi connectivity index (χ0v) is 27.7. The molecule has 46 heavy (non-hydrogen) atoms. The summed E-state index contributed by atoms with van der Waals surface area (Å²) in [7, 11) is -3.87. The van der Waals surface area contributed by atoms with Crippen LogP contribution in [0.3, 0.4) is 0 Å². The first-order valence-electron chi connectivity index (χ1n) is 16.0. The monoisotopic (exact) mass is 669 g/mol. The minimum atomic E-state index is -3.87. The fourth-order valence-electron chi connectivity index (χ4n) is 7.16. The van der Waals surface area contributed by atoms with Crippen molar-refractivity contribution in [2.45, 2.75) is 70.3 Å². The molecular weight excluding hydrogens is 630 g/mol. The molecule has 1 N–H and O–H groups in total. The van der Waals surface area contributed by atoms with E-state index in [0.29, 0.717) is 36.9 Å². The Labute approximate surface area is 275 Å². The molecule has 1 fully saturated rings. The van der Waals surface area contributed by atoms with Crippen LogP contribution in [0.1, 0.15) is 73.9 Å².